The quantitative estimate of drug-likeness (QED) is 0.750. The topological polar surface area (TPSA) is 12.9 Å². The van der Waals surface area contributed by atoms with E-state index >= 15 is 0 Å². The van der Waals surface area contributed by atoms with Crippen LogP contribution in [0.3, 0.4) is 0 Å². The Kier molecular flexibility index (Phi) is 2.91. The highest BCUT2D eigenvalue weighted by Crippen LogP contribution is 2.39. The van der Waals surface area contributed by atoms with Crippen LogP contribution in [0.5, 0.6) is 0 Å². The van der Waals surface area contributed by atoms with Gasteiger partial charge in [0.25, 0.3) is 0 Å². The SMILES string of the molecule is CC(C)c1cccc(-c2ccc(C3CC3)nc2)c1. The summed E-state index contributed by atoms with van der Waals surface area (Å²) in [6.45, 7) is 4.46. The molecule has 0 radical (unpaired) electrons. The van der Waals surface area contributed by atoms with Gasteiger partial charge in [0.1, 0.15) is 0 Å². The highest BCUT2D eigenvalue weighted by atomic mass is 14.7. The van der Waals surface area contributed by atoms with Gasteiger partial charge in [0.05, 0.1) is 0 Å². The van der Waals surface area contributed by atoms with Crippen LogP contribution < -0.4 is 0 Å². The Balaban J connectivity index is 1.91. The lowest BCUT2D eigenvalue weighted by Crippen LogP contribution is -1.90. The van der Waals surface area contributed by atoms with Crippen molar-refractivity contribution >= 4 is 0 Å². The van der Waals surface area contributed by atoms with Gasteiger partial charge in [-0.1, -0.05) is 44.2 Å². The summed E-state index contributed by atoms with van der Waals surface area (Å²) in [5.41, 5.74) is 5.15. The summed E-state index contributed by atoms with van der Waals surface area (Å²) < 4.78 is 0. The van der Waals surface area contributed by atoms with E-state index in [0.29, 0.717) is 5.92 Å². The molecule has 1 aliphatic carbocycles. The highest BCUT2D eigenvalue weighted by Gasteiger charge is 2.24. The van der Waals surface area contributed by atoms with Gasteiger partial charge in [-0.2, -0.15) is 0 Å². The van der Waals surface area contributed by atoms with Crippen molar-refractivity contribution < 1.29 is 0 Å². The maximum Gasteiger partial charge on any atom is 0.0434 e. The molecule has 0 aliphatic heterocycles. The summed E-state index contributed by atoms with van der Waals surface area (Å²) in [6, 6.07) is 13.2. The van der Waals surface area contributed by atoms with Gasteiger partial charge in [-0.15, -0.1) is 0 Å². The minimum atomic E-state index is 0.573. The number of benzene rings is 1. The van der Waals surface area contributed by atoms with Crippen LogP contribution in [0.15, 0.2) is 42.6 Å². The number of rotatable bonds is 3. The largest absolute Gasteiger partial charge is 0.260 e. The molecular weight excluding hydrogens is 218 g/mol. The molecule has 1 aromatic carbocycles. The van der Waals surface area contributed by atoms with Crippen molar-refractivity contribution in [3.8, 4) is 11.1 Å². The zero-order valence-corrected chi connectivity index (χ0v) is 11.1. The first-order valence-corrected chi connectivity index (χ1v) is 6.80. The average Bonchev–Trinajstić information content (AvgIpc) is 3.23. The third-order valence-corrected chi connectivity index (χ3v) is 3.67. The highest BCUT2D eigenvalue weighted by molar-refractivity contribution is 5.63. The summed E-state index contributed by atoms with van der Waals surface area (Å²) in [7, 11) is 0. The van der Waals surface area contributed by atoms with Crippen LogP contribution in [-0.2, 0) is 0 Å². The molecule has 1 heterocycles. The van der Waals surface area contributed by atoms with E-state index in [-0.39, 0.29) is 0 Å². The van der Waals surface area contributed by atoms with E-state index < -0.39 is 0 Å². The smallest absolute Gasteiger partial charge is 0.0434 e. The van der Waals surface area contributed by atoms with Crippen LogP contribution in [0, 0.1) is 0 Å². The number of nitrogens with zero attached hydrogens (tertiary/aromatic N) is 1. The van der Waals surface area contributed by atoms with E-state index in [4.69, 9.17) is 0 Å². The summed E-state index contributed by atoms with van der Waals surface area (Å²) in [5.74, 6) is 1.31. The predicted octanol–water partition coefficient (Wildman–Crippen LogP) is 4.75. The Morgan fingerprint density at radius 2 is 1.89 bits per heavy atom. The lowest BCUT2D eigenvalue weighted by Gasteiger charge is -2.08. The van der Waals surface area contributed by atoms with E-state index in [2.05, 4.69) is 55.2 Å². The predicted molar refractivity (Wildman–Crippen MR) is 75.7 cm³/mol. The second-order valence-electron chi connectivity index (χ2n) is 5.53. The fraction of sp³-hybridized carbons (Fsp3) is 0.353. The van der Waals surface area contributed by atoms with Crippen LogP contribution in [0.4, 0.5) is 0 Å². The van der Waals surface area contributed by atoms with Crippen molar-refractivity contribution in [2.75, 3.05) is 0 Å². The Morgan fingerprint density at radius 1 is 1.06 bits per heavy atom. The molecule has 1 nitrogen and oxygen atoms in total. The van der Waals surface area contributed by atoms with Gasteiger partial charge in [0.2, 0.25) is 0 Å². The second kappa shape index (κ2) is 4.56. The third kappa shape index (κ3) is 2.31. The van der Waals surface area contributed by atoms with E-state index in [1.165, 1.54) is 35.2 Å². The monoisotopic (exact) mass is 237 g/mol. The molecule has 0 bridgehead atoms. The zero-order chi connectivity index (χ0) is 12.5. The van der Waals surface area contributed by atoms with E-state index in [0.717, 1.165) is 5.92 Å². The van der Waals surface area contributed by atoms with E-state index in [1.807, 2.05) is 6.20 Å². The molecule has 0 atom stereocenters. The van der Waals surface area contributed by atoms with Crippen molar-refractivity contribution in [3.63, 3.8) is 0 Å². The third-order valence-electron chi connectivity index (χ3n) is 3.67. The molecule has 0 N–H and O–H groups in total. The number of hydrogen-bond acceptors (Lipinski definition) is 1. The molecule has 3 rings (SSSR count). The Bertz CT molecular complexity index is 536. The summed E-state index contributed by atoms with van der Waals surface area (Å²) in [5, 5.41) is 0. The second-order valence-corrected chi connectivity index (χ2v) is 5.53. The van der Waals surface area contributed by atoms with Crippen molar-refractivity contribution in [2.24, 2.45) is 0 Å². The molecule has 1 saturated carbocycles. The fourth-order valence-corrected chi connectivity index (χ4v) is 2.27. The molecule has 1 aliphatic rings. The molecule has 1 fully saturated rings. The van der Waals surface area contributed by atoms with Crippen LogP contribution in [0.25, 0.3) is 11.1 Å². The van der Waals surface area contributed by atoms with Crippen molar-refractivity contribution in [2.45, 2.75) is 38.5 Å². The first kappa shape index (κ1) is 11.5. The maximum atomic E-state index is 4.59. The number of aromatic nitrogens is 1. The van der Waals surface area contributed by atoms with Gasteiger partial charge < -0.3 is 0 Å². The minimum Gasteiger partial charge on any atom is -0.260 e. The molecule has 92 valence electrons. The van der Waals surface area contributed by atoms with Gasteiger partial charge in [0, 0.05) is 23.4 Å². The molecule has 2 aromatic rings. The van der Waals surface area contributed by atoms with Gasteiger partial charge >= 0.3 is 0 Å². The molecule has 1 aromatic heterocycles. The van der Waals surface area contributed by atoms with Gasteiger partial charge in [-0.3, -0.25) is 4.98 Å². The molecule has 0 amide bonds. The van der Waals surface area contributed by atoms with Gasteiger partial charge in [-0.25, -0.2) is 0 Å². The van der Waals surface area contributed by atoms with Gasteiger partial charge in [0.15, 0.2) is 0 Å². The van der Waals surface area contributed by atoms with Gasteiger partial charge in [-0.05, 0) is 36.0 Å². The first-order chi connectivity index (χ1) is 8.74. The Morgan fingerprint density at radius 3 is 2.50 bits per heavy atom. The molecule has 0 saturated heterocycles. The standard InChI is InChI=1S/C17H19N/c1-12(2)14-4-3-5-15(10-14)16-8-9-17(18-11-16)13-6-7-13/h3-5,8-13H,6-7H2,1-2H3. The number of pyridine rings is 1. The lowest BCUT2D eigenvalue weighted by molar-refractivity contribution is 0.867. The summed E-state index contributed by atoms with van der Waals surface area (Å²) in [4.78, 5) is 4.59. The molecule has 1 heteroatoms. The maximum absolute atomic E-state index is 4.59. The van der Waals surface area contributed by atoms with Crippen LogP contribution >= 0.6 is 0 Å². The van der Waals surface area contributed by atoms with Crippen molar-refractivity contribution in [1.82, 2.24) is 4.98 Å². The number of hydrogen-bond donors (Lipinski definition) is 0. The summed E-state index contributed by atoms with van der Waals surface area (Å²) in [6.07, 6.45) is 4.65. The normalized spacial score (nSPS) is 15.1. The van der Waals surface area contributed by atoms with Crippen LogP contribution in [0.1, 0.15) is 49.8 Å². The first-order valence-electron chi connectivity index (χ1n) is 6.80. The minimum absolute atomic E-state index is 0.573. The summed E-state index contributed by atoms with van der Waals surface area (Å²) >= 11 is 0. The van der Waals surface area contributed by atoms with E-state index in [1.54, 1.807) is 0 Å². The lowest BCUT2D eigenvalue weighted by atomic mass is 9.98. The van der Waals surface area contributed by atoms with E-state index in [9.17, 15) is 0 Å². The molecule has 0 unspecified atom stereocenters. The van der Waals surface area contributed by atoms with Crippen molar-refractivity contribution in [1.29, 1.82) is 0 Å². The zero-order valence-electron chi connectivity index (χ0n) is 11.1. The fourth-order valence-electron chi connectivity index (χ4n) is 2.27. The molecule has 0 spiro atoms. The van der Waals surface area contributed by atoms with Crippen LogP contribution in [-0.4, -0.2) is 4.98 Å². The Labute approximate surface area is 109 Å². The molecule has 18 heavy (non-hydrogen) atoms. The van der Waals surface area contributed by atoms with Crippen LogP contribution in [0.2, 0.25) is 0 Å². The Hall–Kier alpha value is -1.63. The molecular formula is C17H19N. The average molecular weight is 237 g/mol. The van der Waals surface area contributed by atoms with Crippen molar-refractivity contribution in [3.05, 3.63) is 53.9 Å².